The summed E-state index contributed by atoms with van der Waals surface area (Å²) in [4.78, 5) is 27.2. The summed E-state index contributed by atoms with van der Waals surface area (Å²) in [5, 5.41) is 5.91. The summed E-state index contributed by atoms with van der Waals surface area (Å²) in [5.74, 6) is -0.312. The van der Waals surface area contributed by atoms with Crippen molar-refractivity contribution in [1.29, 1.82) is 0 Å². The van der Waals surface area contributed by atoms with E-state index in [1.807, 2.05) is 54.6 Å². The summed E-state index contributed by atoms with van der Waals surface area (Å²) in [6.45, 7) is 0.864. The maximum absolute atomic E-state index is 13.5. The smallest absolute Gasteiger partial charge is 0.250 e. The Labute approximate surface area is 182 Å². The first-order chi connectivity index (χ1) is 15.1. The number of carbonyl (C=O) groups is 2. The Morgan fingerprint density at radius 3 is 2.71 bits per heavy atom. The van der Waals surface area contributed by atoms with Gasteiger partial charge >= 0.3 is 0 Å². The van der Waals surface area contributed by atoms with Crippen LogP contribution in [0.3, 0.4) is 0 Å². The van der Waals surface area contributed by atoms with Crippen LogP contribution in [0.2, 0.25) is 0 Å². The fraction of sp³-hybridized carbons (Fsp3) is 0.360. The van der Waals surface area contributed by atoms with Gasteiger partial charge in [0.2, 0.25) is 5.91 Å². The molecule has 2 aromatic carbocycles. The zero-order valence-corrected chi connectivity index (χ0v) is 17.5. The minimum absolute atomic E-state index is 0.0910. The normalized spacial score (nSPS) is 21.3. The largest absolute Gasteiger partial charge is 0.349 e. The van der Waals surface area contributed by atoms with Gasteiger partial charge < -0.3 is 15.5 Å². The first kappa shape index (κ1) is 21.2. The SMILES string of the molecule is O=C(N[C@H](/C=C/C(=O)N1CCc2ccccc21)CCc1ccccc1)C1CC(F)CN1. The number of alkyl halides is 1. The van der Waals surface area contributed by atoms with Gasteiger partial charge in [0.25, 0.3) is 5.91 Å². The lowest BCUT2D eigenvalue weighted by Gasteiger charge is -2.19. The number of rotatable bonds is 7. The highest BCUT2D eigenvalue weighted by atomic mass is 19.1. The molecule has 0 spiro atoms. The molecule has 2 unspecified atom stereocenters. The van der Waals surface area contributed by atoms with Crippen molar-refractivity contribution in [3.8, 4) is 0 Å². The van der Waals surface area contributed by atoms with E-state index < -0.39 is 12.2 Å². The van der Waals surface area contributed by atoms with Gasteiger partial charge in [0, 0.05) is 37.3 Å². The number of carbonyl (C=O) groups excluding carboxylic acids is 2. The van der Waals surface area contributed by atoms with Gasteiger partial charge in [0.05, 0.1) is 6.04 Å². The van der Waals surface area contributed by atoms with E-state index in [-0.39, 0.29) is 30.8 Å². The summed E-state index contributed by atoms with van der Waals surface area (Å²) < 4.78 is 13.5. The Balaban J connectivity index is 1.42. The van der Waals surface area contributed by atoms with E-state index in [0.29, 0.717) is 13.0 Å². The summed E-state index contributed by atoms with van der Waals surface area (Å²) in [7, 11) is 0. The third-order valence-electron chi connectivity index (χ3n) is 5.93. The van der Waals surface area contributed by atoms with Crippen molar-refractivity contribution in [1.82, 2.24) is 10.6 Å². The average Bonchev–Trinajstić information content (AvgIpc) is 3.42. The predicted octanol–water partition coefficient (Wildman–Crippen LogP) is 2.95. The molecule has 5 nitrogen and oxygen atoms in total. The highest BCUT2D eigenvalue weighted by molar-refractivity contribution is 6.03. The minimum Gasteiger partial charge on any atom is -0.349 e. The van der Waals surface area contributed by atoms with Crippen LogP contribution in [0.4, 0.5) is 10.1 Å². The second-order valence-corrected chi connectivity index (χ2v) is 8.16. The van der Waals surface area contributed by atoms with Gasteiger partial charge in [-0.3, -0.25) is 9.59 Å². The number of anilines is 1. The maximum Gasteiger partial charge on any atom is 0.250 e. The van der Waals surface area contributed by atoms with Gasteiger partial charge in [-0.2, -0.15) is 0 Å². The maximum atomic E-state index is 13.5. The number of aryl methyl sites for hydroxylation is 1. The van der Waals surface area contributed by atoms with Gasteiger partial charge in [-0.25, -0.2) is 4.39 Å². The summed E-state index contributed by atoms with van der Waals surface area (Å²) in [6.07, 6.45) is 4.78. The molecule has 2 amide bonds. The molecule has 2 aliphatic rings. The van der Waals surface area contributed by atoms with Crippen molar-refractivity contribution in [3.05, 3.63) is 77.9 Å². The number of hydrogen-bond donors (Lipinski definition) is 2. The van der Waals surface area contributed by atoms with Crippen molar-refractivity contribution in [2.24, 2.45) is 0 Å². The van der Waals surface area contributed by atoms with Crippen molar-refractivity contribution >= 4 is 17.5 Å². The standard InChI is InChI=1S/C25H28FN3O2/c26-20-16-22(27-17-20)25(31)28-21(11-10-18-6-2-1-3-7-18)12-13-24(30)29-15-14-19-8-4-5-9-23(19)29/h1-9,12-13,20-22,27H,10-11,14-17H2,(H,28,31)/b13-12+/t20?,21-,22?/m0/s1. The van der Waals surface area contributed by atoms with Gasteiger partial charge in [-0.15, -0.1) is 0 Å². The quantitative estimate of drug-likeness (QED) is 0.676. The Morgan fingerprint density at radius 1 is 1.16 bits per heavy atom. The molecule has 2 aromatic rings. The molecule has 0 bridgehead atoms. The second-order valence-electron chi connectivity index (χ2n) is 8.16. The van der Waals surface area contributed by atoms with Crippen molar-refractivity contribution in [3.63, 3.8) is 0 Å². The van der Waals surface area contributed by atoms with Crippen LogP contribution in [0.15, 0.2) is 66.7 Å². The average molecular weight is 422 g/mol. The molecule has 2 heterocycles. The van der Waals surface area contributed by atoms with Crippen molar-refractivity contribution < 1.29 is 14.0 Å². The van der Waals surface area contributed by atoms with E-state index in [4.69, 9.17) is 0 Å². The van der Waals surface area contributed by atoms with Gasteiger partial charge in [0.15, 0.2) is 0 Å². The van der Waals surface area contributed by atoms with Crippen LogP contribution in [0.25, 0.3) is 0 Å². The molecule has 2 N–H and O–H groups in total. The summed E-state index contributed by atoms with van der Waals surface area (Å²) in [6, 6.07) is 17.1. The Hall–Kier alpha value is -2.99. The number of nitrogens with one attached hydrogen (secondary N) is 2. The molecule has 6 heteroatoms. The lowest BCUT2D eigenvalue weighted by atomic mass is 10.0. The van der Waals surface area contributed by atoms with Crippen LogP contribution in [0, 0.1) is 0 Å². The first-order valence-corrected chi connectivity index (χ1v) is 10.9. The Kier molecular flexibility index (Phi) is 6.77. The van der Waals surface area contributed by atoms with Crippen molar-refractivity contribution in [2.75, 3.05) is 18.0 Å². The third kappa shape index (κ3) is 5.39. The molecule has 4 rings (SSSR count). The van der Waals surface area contributed by atoms with E-state index in [1.165, 1.54) is 5.56 Å². The van der Waals surface area contributed by atoms with Crippen LogP contribution < -0.4 is 15.5 Å². The van der Waals surface area contributed by atoms with Gasteiger partial charge in [0.1, 0.15) is 6.17 Å². The molecule has 1 saturated heterocycles. The van der Waals surface area contributed by atoms with Crippen LogP contribution in [0.5, 0.6) is 0 Å². The fourth-order valence-corrected chi connectivity index (χ4v) is 4.21. The molecule has 2 aliphatic heterocycles. The van der Waals surface area contributed by atoms with E-state index in [2.05, 4.69) is 10.6 Å². The number of hydrogen-bond acceptors (Lipinski definition) is 3. The van der Waals surface area contributed by atoms with E-state index in [1.54, 1.807) is 17.1 Å². The molecular formula is C25H28FN3O2. The number of benzene rings is 2. The zero-order chi connectivity index (χ0) is 21.6. The van der Waals surface area contributed by atoms with Crippen LogP contribution in [0.1, 0.15) is 24.0 Å². The Morgan fingerprint density at radius 2 is 1.94 bits per heavy atom. The van der Waals surface area contributed by atoms with Crippen LogP contribution in [-0.2, 0) is 22.4 Å². The third-order valence-corrected chi connectivity index (χ3v) is 5.93. The minimum atomic E-state index is -0.995. The number of fused-ring (bicyclic) bond motifs is 1. The molecular weight excluding hydrogens is 393 g/mol. The summed E-state index contributed by atoms with van der Waals surface area (Å²) >= 11 is 0. The lowest BCUT2D eigenvalue weighted by Crippen LogP contribution is -2.44. The molecule has 31 heavy (non-hydrogen) atoms. The van der Waals surface area contributed by atoms with Gasteiger partial charge in [-0.05, 0) is 36.5 Å². The molecule has 3 atom stereocenters. The molecule has 0 saturated carbocycles. The molecule has 162 valence electrons. The highest BCUT2D eigenvalue weighted by Gasteiger charge is 2.30. The van der Waals surface area contributed by atoms with Crippen molar-refractivity contribution in [2.45, 2.75) is 43.9 Å². The zero-order valence-electron chi connectivity index (χ0n) is 17.5. The van der Waals surface area contributed by atoms with Gasteiger partial charge in [-0.1, -0.05) is 54.6 Å². The highest BCUT2D eigenvalue weighted by Crippen LogP contribution is 2.27. The monoisotopic (exact) mass is 421 g/mol. The van der Waals surface area contributed by atoms with E-state index in [0.717, 1.165) is 24.1 Å². The van der Waals surface area contributed by atoms with E-state index >= 15 is 0 Å². The number of amides is 2. The topological polar surface area (TPSA) is 61.4 Å². The number of nitrogens with zero attached hydrogens (tertiary/aromatic N) is 1. The number of halogens is 1. The predicted molar refractivity (Wildman–Crippen MR) is 120 cm³/mol. The fourth-order valence-electron chi connectivity index (χ4n) is 4.21. The summed E-state index contributed by atoms with van der Waals surface area (Å²) in [5.41, 5.74) is 3.29. The Bertz CT molecular complexity index is 947. The molecule has 0 aliphatic carbocycles. The van der Waals surface area contributed by atoms with E-state index in [9.17, 15) is 14.0 Å². The second kappa shape index (κ2) is 9.88. The van der Waals surface area contributed by atoms with Crippen LogP contribution >= 0.6 is 0 Å². The lowest BCUT2D eigenvalue weighted by molar-refractivity contribution is -0.123. The number of para-hydroxylation sites is 1. The first-order valence-electron chi connectivity index (χ1n) is 10.9. The molecule has 0 aromatic heterocycles. The molecule has 1 fully saturated rings. The van der Waals surface area contributed by atoms with Crippen LogP contribution in [-0.4, -0.2) is 43.2 Å². The molecule has 0 radical (unpaired) electrons.